The van der Waals surface area contributed by atoms with Crippen LogP contribution in [0.4, 0.5) is 0 Å². The Morgan fingerprint density at radius 2 is 2.00 bits per heavy atom. The van der Waals surface area contributed by atoms with Gasteiger partial charge in [0.1, 0.15) is 0 Å². The van der Waals surface area contributed by atoms with Crippen LogP contribution in [0.2, 0.25) is 0 Å². The van der Waals surface area contributed by atoms with Crippen LogP contribution >= 0.6 is 11.8 Å². The summed E-state index contributed by atoms with van der Waals surface area (Å²) in [6.07, 6.45) is 0. The molecule has 0 aliphatic rings. The van der Waals surface area contributed by atoms with Gasteiger partial charge >= 0.3 is 0 Å². The fraction of sp³-hybridized carbons (Fsp3) is 0.417. The Morgan fingerprint density at radius 1 is 1.35 bits per heavy atom. The molecule has 17 heavy (non-hydrogen) atoms. The van der Waals surface area contributed by atoms with Crippen molar-refractivity contribution in [3.8, 4) is 0 Å². The van der Waals surface area contributed by atoms with Gasteiger partial charge in [0.05, 0.1) is 5.92 Å². The molecule has 0 bridgehead atoms. The molecule has 0 fully saturated rings. The minimum Gasteiger partial charge on any atom is -0.327 e. The Morgan fingerprint density at radius 3 is 2.53 bits per heavy atom. The summed E-state index contributed by atoms with van der Waals surface area (Å²) >= 11 is 1.67. The van der Waals surface area contributed by atoms with Crippen LogP contribution in [-0.2, 0) is 4.79 Å². The SMILES string of the molecule is CC(N)CSCC(C(=O)NN)c1ccccc1. The smallest absolute Gasteiger partial charge is 0.242 e. The van der Waals surface area contributed by atoms with E-state index in [4.69, 9.17) is 11.6 Å². The van der Waals surface area contributed by atoms with Gasteiger partial charge in [-0.3, -0.25) is 10.2 Å². The van der Waals surface area contributed by atoms with Gasteiger partial charge in [-0.25, -0.2) is 5.84 Å². The third kappa shape index (κ3) is 4.77. The number of amides is 1. The highest BCUT2D eigenvalue weighted by molar-refractivity contribution is 7.99. The van der Waals surface area contributed by atoms with E-state index in [-0.39, 0.29) is 17.9 Å². The summed E-state index contributed by atoms with van der Waals surface area (Å²) in [5, 5.41) is 0. The maximum atomic E-state index is 11.7. The normalized spacial score (nSPS) is 14.1. The molecule has 0 saturated heterocycles. The second-order valence-corrected chi connectivity index (χ2v) is 5.06. The van der Waals surface area contributed by atoms with Crippen molar-refractivity contribution in [3.05, 3.63) is 35.9 Å². The van der Waals surface area contributed by atoms with E-state index >= 15 is 0 Å². The molecule has 0 aliphatic carbocycles. The summed E-state index contributed by atoms with van der Waals surface area (Å²) in [6, 6.07) is 9.77. The molecule has 1 rings (SSSR count). The number of nitrogens with one attached hydrogen (secondary N) is 1. The van der Waals surface area contributed by atoms with Crippen LogP contribution in [0.15, 0.2) is 30.3 Å². The van der Waals surface area contributed by atoms with Crippen molar-refractivity contribution in [2.45, 2.75) is 18.9 Å². The van der Waals surface area contributed by atoms with E-state index in [0.717, 1.165) is 11.3 Å². The van der Waals surface area contributed by atoms with Crippen LogP contribution in [0.25, 0.3) is 0 Å². The number of carbonyl (C=O) groups excluding carboxylic acids is 1. The first-order valence-electron chi connectivity index (χ1n) is 5.54. The van der Waals surface area contributed by atoms with Crippen LogP contribution in [0.5, 0.6) is 0 Å². The second kappa shape index (κ2) is 7.32. The third-order valence-corrected chi connectivity index (χ3v) is 3.66. The van der Waals surface area contributed by atoms with E-state index in [2.05, 4.69) is 5.43 Å². The standard InChI is InChI=1S/C12H19N3OS/c1-9(13)7-17-8-11(12(16)15-14)10-5-3-2-4-6-10/h2-6,9,11H,7-8,13-14H2,1H3,(H,15,16). The van der Waals surface area contributed by atoms with Crippen LogP contribution < -0.4 is 17.0 Å². The number of hydrazine groups is 1. The van der Waals surface area contributed by atoms with Crippen molar-refractivity contribution in [2.24, 2.45) is 11.6 Å². The molecule has 1 aromatic carbocycles. The van der Waals surface area contributed by atoms with Gasteiger partial charge in [-0.2, -0.15) is 11.8 Å². The van der Waals surface area contributed by atoms with E-state index in [1.807, 2.05) is 37.3 Å². The van der Waals surface area contributed by atoms with Crippen molar-refractivity contribution in [2.75, 3.05) is 11.5 Å². The predicted octanol–water partition coefficient (Wildman–Crippen LogP) is 0.841. The predicted molar refractivity (Wildman–Crippen MR) is 72.5 cm³/mol. The highest BCUT2D eigenvalue weighted by atomic mass is 32.2. The number of thioether (sulfide) groups is 1. The molecular weight excluding hydrogens is 234 g/mol. The minimum absolute atomic E-state index is 0.136. The van der Waals surface area contributed by atoms with Crippen molar-refractivity contribution >= 4 is 17.7 Å². The topological polar surface area (TPSA) is 81.1 Å². The van der Waals surface area contributed by atoms with E-state index in [0.29, 0.717) is 5.75 Å². The van der Waals surface area contributed by atoms with Gasteiger partial charge in [-0.05, 0) is 12.5 Å². The molecule has 0 radical (unpaired) electrons. The van der Waals surface area contributed by atoms with E-state index in [1.54, 1.807) is 11.8 Å². The monoisotopic (exact) mass is 253 g/mol. The van der Waals surface area contributed by atoms with Gasteiger partial charge in [0.15, 0.2) is 0 Å². The molecule has 2 unspecified atom stereocenters. The average molecular weight is 253 g/mol. The van der Waals surface area contributed by atoms with E-state index < -0.39 is 0 Å². The number of nitrogens with two attached hydrogens (primary N) is 2. The summed E-state index contributed by atoms with van der Waals surface area (Å²) in [7, 11) is 0. The number of carbonyl (C=O) groups is 1. The highest BCUT2D eigenvalue weighted by Crippen LogP contribution is 2.21. The van der Waals surface area contributed by atoms with Crippen molar-refractivity contribution in [3.63, 3.8) is 0 Å². The number of benzene rings is 1. The molecule has 5 heteroatoms. The summed E-state index contributed by atoms with van der Waals surface area (Å²) in [4.78, 5) is 11.7. The van der Waals surface area contributed by atoms with Crippen LogP contribution in [-0.4, -0.2) is 23.5 Å². The average Bonchev–Trinajstić information content (AvgIpc) is 2.34. The molecule has 1 amide bonds. The summed E-state index contributed by atoms with van der Waals surface area (Å²) in [5.74, 6) is 6.36. The Kier molecular flexibility index (Phi) is 6.04. The van der Waals surface area contributed by atoms with Gasteiger partial charge in [0.25, 0.3) is 0 Å². The van der Waals surface area contributed by atoms with Gasteiger partial charge in [0, 0.05) is 17.5 Å². The van der Waals surface area contributed by atoms with Gasteiger partial charge < -0.3 is 5.73 Å². The third-order valence-electron chi connectivity index (χ3n) is 2.33. The first-order valence-corrected chi connectivity index (χ1v) is 6.69. The molecule has 5 N–H and O–H groups in total. The first kappa shape index (κ1) is 14.0. The van der Waals surface area contributed by atoms with Crippen LogP contribution in [0.3, 0.4) is 0 Å². The maximum Gasteiger partial charge on any atom is 0.242 e. The molecule has 4 nitrogen and oxygen atoms in total. The maximum absolute atomic E-state index is 11.7. The van der Waals surface area contributed by atoms with E-state index in [1.165, 1.54) is 0 Å². The molecule has 0 heterocycles. The second-order valence-electron chi connectivity index (χ2n) is 3.99. The molecule has 0 aromatic heterocycles. The molecule has 2 atom stereocenters. The van der Waals surface area contributed by atoms with Crippen molar-refractivity contribution in [1.82, 2.24) is 5.43 Å². The quantitative estimate of drug-likeness (QED) is 0.399. The highest BCUT2D eigenvalue weighted by Gasteiger charge is 2.19. The lowest BCUT2D eigenvalue weighted by Crippen LogP contribution is -2.36. The minimum atomic E-state index is -0.218. The van der Waals surface area contributed by atoms with Gasteiger partial charge in [-0.15, -0.1) is 0 Å². The lowest BCUT2D eigenvalue weighted by Gasteiger charge is -2.15. The fourth-order valence-corrected chi connectivity index (χ4v) is 2.57. The van der Waals surface area contributed by atoms with Crippen LogP contribution in [0.1, 0.15) is 18.4 Å². The molecule has 1 aromatic rings. The Bertz CT molecular complexity index is 343. The zero-order chi connectivity index (χ0) is 12.7. The van der Waals surface area contributed by atoms with E-state index in [9.17, 15) is 4.79 Å². The van der Waals surface area contributed by atoms with Crippen molar-refractivity contribution in [1.29, 1.82) is 0 Å². The summed E-state index contributed by atoms with van der Waals surface area (Å²) in [5.41, 5.74) is 8.88. The Balaban J connectivity index is 2.65. The number of hydrogen-bond donors (Lipinski definition) is 3. The molecule has 0 spiro atoms. The Hall–Kier alpha value is -1.04. The summed E-state index contributed by atoms with van der Waals surface area (Å²) < 4.78 is 0. The zero-order valence-electron chi connectivity index (χ0n) is 9.93. The first-order chi connectivity index (χ1) is 8.15. The van der Waals surface area contributed by atoms with Gasteiger partial charge in [-0.1, -0.05) is 30.3 Å². The Labute approximate surface area is 106 Å². The molecule has 0 aliphatic heterocycles. The fourth-order valence-electron chi connectivity index (χ4n) is 1.48. The molecule has 0 saturated carbocycles. The lowest BCUT2D eigenvalue weighted by molar-refractivity contribution is -0.122. The largest absolute Gasteiger partial charge is 0.327 e. The molecule has 94 valence electrons. The van der Waals surface area contributed by atoms with Gasteiger partial charge in [0.2, 0.25) is 5.91 Å². The lowest BCUT2D eigenvalue weighted by atomic mass is 10.0. The number of rotatable bonds is 6. The summed E-state index contributed by atoms with van der Waals surface area (Å²) in [6.45, 7) is 1.95. The molecular formula is C12H19N3OS. The zero-order valence-corrected chi connectivity index (χ0v) is 10.7. The number of hydrogen-bond acceptors (Lipinski definition) is 4. The van der Waals surface area contributed by atoms with Crippen molar-refractivity contribution < 1.29 is 4.79 Å². The van der Waals surface area contributed by atoms with Crippen LogP contribution in [0, 0.1) is 0 Å².